The predicted octanol–water partition coefficient (Wildman–Crippen LogP) is 1.04. The highest BCUT2D eigenvalue weighted by Gasteiger charge is 2.35. The summed E-state index contributed by atoms with van der Waals surface area (Å²) >= 11 is 0. The van der Waals surface area contributed by atoms with Crippen molar-refractivity contribution in [2.75, 3.05) is 25.1 Å². The van der Waals surface area contributed by atoms with E-state index in [9.17, 15) is 18.3 Å². The molecule has 0 saturated heterocycles. The first-order valence-corrected chi connectivity index (χ1v) is 9.35. The van der Waals surface area contributed by atoms with Crippen LogP contribution in [0.2, 0.25) is 0 Å². The highest BCUT2D eigenvalue weighted by atomic mass is 32.2. The van der Waals surface area contributed by atoms with E-state index >= 15 is 0 Å². The number of hydrogen-bond acceptors (Lipinski definition) is 4. The normalized spacial score (nSPS) is 20.1. The van der Waals surface area contributed by atoms with Crippen LogP contribution in [0.15, 0.2) is 23.1 Å². The van der Waals surface area contributed by atoms with Crippen molar-refractivity contribution in [1.29, 1.82) is 0 Å². The molecule has 1 heterocycles. The number of hydrogen-bond donors (Lipinski definition) is 2. The lowest BCUT2D eigenvalue weighted by molar-refractivity contribution is -0.117. The molecule has 1 aromatic carbocycles. The van der Waals surface area contributed by atoms with Crippen molar-refractivity contribution >= 4 is 21.6 Å². The Balaban J connectivity index is 1.78. The van der Waals surface area contributed by atoms with Gasteiger partial charge < -0.3 is 10.0 Å². The maximum atomic E-state index is 12.5. The number of anilines is 1. The number of fused-ring (bicyclic) bond motifs is 1. The van der Waals surface area contributed by atoms with Crippen LogP contribution in [0.25, 0.3) is 0 Å². The van der Waals surface area contributed by atoms with Crippen LogP contribution < -0.4 is 9.62 Å². The summed E-state index contributed by atoms with van der Waals surface area (Å²) in [6.45, 7) is 0.251. The zero-order chi connectivity index (χ0) is 16.7. The molecule has 0 bridgehead atoms. The lowest BCUT2D eigenvalue weighted by atomic mass is 9.88. The van der Waals surface area contributed by atoms with Gasteiger partial charge in [0, 0.05) is 31.3 Å². The molecule has 3 rings (SSSR count). The van der Waals surface area contributed by atoms with Gasteiger partial charge in [0.2, 0.25) is 15.9 Å². The SMILES string of the molecule is CN1C(=O)Cc2cc(S(=O)(=O)NCC3(CO)CCCC3)ccc21. The molecule has 0 spiro atoms. The van der Waals surface area contributed by atoms with Crippen LogP contribution in [0.4, 0.5) is 5.69 Å². The molecule has 1 amide bonds. The van der Waals surface area contributed by atoms with Crippen LogP contribution in [0.5, 0.6) is 0 Å². The largest absolute Gasteiger partial charge is 0.396 e. The van der Waals surface area contributed by atoms with E-state index < -0.39 is 10.0 Å². The fourth-order valence-corrected chi connectivity index (χ4v) is 4.67. The lowest BCUT2D eigenvalue weighted by Gasteiger charge is -2.26. The summed E-state index contributed by atoms with van der Waals surface area (Å²) in [6, 6.07) is 4.77. The van der Waals surface area contributed by atoms with Crippen LogP contribution in [-0.2, 0) is 21.2 Å². The first-order chi connectivity index (χ1) is 10.9. The maximum Gasteiger partial charge on any atom is 0.240 e. The Bertz CT molecular complexity index is 724. The third kappa shape index (κ3) is 3.00. The van der Waals surface area contributed by atoms with Gasteiger partial charge in [-0.3, -0.25) is 4.79 Å². The Labute approximate surface area is 136 Å². The number of likely N-dealkylation sites (N-methyl/N-ethyl adjacent to an activating group) is 1. The van der Waals surface area contributed by atoms with E-state index in [1.807, 2.05) is 0 Å². The van der Waals surface area contributed by atoms with Gasteiger partial charge in [-0.1, -0.05) is 12.8 Å². The molecular formula is C16H22N2O4S. The van der Waals surface area contributed by atoms with Crippen LogP contribution in [-0.4, -0.2) is 39.6 Å². The van der Waals surface area contributed by atoms with Gasteiger partial charge in [-0.2, -0.15) is 0 Å². The standard InChI is InChI=1S/C16H22N2O4S/c1-18-14-5-4-13(8-12(14)9-15(18)20)23(21,22)17-10-16(11-19)6-2-3-7-16/h4-5,8,17,19H,2-3,6-7,9-11H2,1H3. The van der Waals surface area contributed by atoms with E-state index in [2.05, 4.69) is 4.72 Å². The van der Waals surface area contributed by atoms with Crippen molar-refractivity contribution in [3.8, 4) is 0 Å². The third-order valence-corrected chi connectivity index (χ3v) is 6.47. The average Bonchev–Trinajstić information content (AvgIpc) is 3.12. The summed E-state index contributed by atoms with van der Waals surface area (Å²) in [4.78, 5) is 13.4. The molecule has 1 aromatic rings. The van der Waals surface area contributed by atoms with E-state index in [0.717, 1.165) is 36.9 Å². The second-order valence-corrected chi connectivity index (χ2v) is 8.38. The van der Waals surface area contributed by atoms with Gasteiger partial charge in [0.1, 0.15) is 0 Å². The van der Waals surface area contributed by atoms with Gasteiger partial charge in [-0.25, -0.2) is 13.1 Å². The minimum Gasteiger partial charge on any atom is -0.396 e. The summed E-state index contributed by atoms with van der Waals surface area (Å²) < 4.78 is 27.7. The monoisotopic (exact) mass is 338 g/mol. The average molecular weight is 338 g/mol. The van der Waals surface area contributed by atoms with E-state index in [1.165, 1.54) is 6.07 Å². The van der Waals surface area contributed by atoms with Gasteiger partial charge in [0.05, 0.1) is 11.3 Å². The number of nitrogens with one attached hydrogen (secondary N) is 1. The first-order valence-electron chi connectivity index (χ1n) is 7.87. The topological polar surface area (TPSA) is 86.7 Å². The molecule has 1 aliphatic heterocycles. The van der Waals surface area contributed by atoms with Gasteiger partial charge in [0.25, 0.3) is 0 Å². The van der Waals surface area contributed by atoms with Gasteiger partial charge >= 0.3 is 0 Å². The molecule has 0 radical (unpaired) electrons. The van der Waals surface area contributed by atoms with Crippen LogP contribution in [0.1, 0.15) is 31.2 Å². The molecule has 23 heavy (non-hydrogen) atoms. The first kappa shape index (κ1) is 16.4. The second-order valence-electron chi connectivity index (χ2n) is 6.61. The molecule has 0 atom stereocenters. The molecule has 7 heteroatoms. The Kier molecular flexibility index (Phi) is 4.20. The van der Waals surface area contributed by atoms with Crippen molar-refractivity contribution in [2.24, 2.45) is 5.41 Å². The van der Waals surface area contributed by atoms with E-state index in [1.54, 1.807) is 24.1 Å². The van der Waals surface area contributed by atoms with Crippen molar-refractivity contribution in [3.05, 3.63) is 23.8 Å². The second kappa shape index (κ2) is 5.89. The molecule has 2 N–H and O–H groups in total. The number of aliphatic hydroxyl groups excluding tert-OH is 1. The number of aliphatic hydroxyl groups is 1. The predicted molar refractivity (Wildman–Crippen MR) is 86.7 cm³/mol. The smallest absolute Gasteiger partial charge is 0.240 e. The number of carbonyl (C=O) groups is 1. The number of benzene rings is 1. The number of amides is 1. The third-order valence-electron chi connectivity index (χ3n) is 5.08. The Morgan fingerprint density at radius 3 is 2.65 bits per heavy atom. The fraction of sp³-hybridized carbons (Fsp3) is 0.562. The lowest BCUT2D eigenvalue weighted by Crippen LogP contribution is -2.38. The molecule has 126 valence electrons. The Morgan fingerprint density at radius 2 is 2.00 bits per heavy atom. The van der Waals surface area contributed by atoms with Crippen molar-refractivity contribution in [1.82, 2.24) is 4.72 Å². The van der Waals surface area contributed by atoms with E-state index in [4.69, 9.17) is 0 Å². The molecule has 1 fully saturated rings. The summed E-state index contributed by atoms with van der Waals surface area (Å²) in [5, 5.41) is 9.59. The molecule has 1 saturated carbocycles. The van der Waals surface area contributed by atoms with Crippen molar-refractivity contribution in [2.45, 2.75) is 37.0 Å². The molecule has 1 aliphatic carbocycles. The van der Waals surface area contributed by atoms with Gasteiger partial charge in [-0.05, 0) is 36.6 Å². The molecular weight excluding hydrogens is 316 g/mol. The maximum absolute atomic E-state index is 12.5. The fourth-order valence-electron chi connectivity index (χ4n) is 3.46. The van der Waals surface area contributed by atoms with E-state index in [0.29, 0.717) is 0 Å². The number of rotatable bonds is 5. The Morgan fingerprint density at radius 1 is 1.30 bits per heavy atom. The quantitative estimate of drug-likeness (QED) is 0.840. The minimum absolute atomic E-state index is 0.000988. The minimum atomic E-state index is -3.64. The van der Waals surface area contributed by atoms with Crippen LogP contribution >= 0.6 is 0 Å². The van der Waals surface area contributed by atoms with Crippen molar-refractivity contribution in [3.63, 3.8) is 0 Å². The Hall–Kier alpha value is -1.44. The summed E-state index contributed by atoms with van der Waals surface area (Å²) in [5.74, 6) is -0.0345. The van der Waals surface area contributed by atoms with Crippen LogP contribution in [0.3, 0.4) is 0 Å². The summed E-state index contributed by atoms with van der Waals surface area (Å²) in [6.07, 6.45) is 3.96. The molecule has 0 aromatic heterocycles. The van der Waals surface area contributed by atoms with Crippen LogP contribution in [0, 0.1) is 5.41 Å². The van der Waals surface area contributed by atoms with E-state index in [-0.39, 0.29) is 35.8 Å². The molecule has 0 unspecified atom stereocenters. The van der Waals surface area contributed by atoms with Gasteiger partial charge in [-0.15, -0.1) is 0 Å². The number of sulfonamides is 1. The highest BCUT2D eigenvalue weighted by molar-refractivity contribution is 7.89. The van der Waals surface area contributed by atoms with Gasteiger partial charge in [0.15, 0.2) is 0 Å². The molecule has 6 nitrogen and oxygen atoms in total. The summed E-state index contributed by atoms with van der Waals surface area (Å²) in [5.41, 5.74) is 1.16. The number of nitrogens with zero attached hydrogens (tertiary/aromatic N) is 1. The summed E-state index contributed by atoms with van der Waals surface area (Å²) in [7, 11) is -1.96. The molecule has 2 aliphatic rings. The zero-order valence-corrected chi connectivity index (χ0v) is 14.0. The van der Waals surface area contributed by atoms with Crippen molar-refractivity contribution < 1.29 is 18.3 Å². The number of carbonyl (C=O) groups excluding carboxylic acids is 1. The zero-order valence-electron chi connectivity index (χ0n) is 13.2. The highest BCUT2D eigenvalue weighted by Crippen LogP contribution is 2.37.